The van der Waals surface area contributed by atoms with E-state index in [2.05, 4.69) is 0 Å². The Hall–Kier alpha value is -1.07. The van der Waals surface area contributed by atoms with Crippen LogP contribution in [0.5, 0.6) is 5.75 Å². The molecule has 0 amide bonds. The summed E-state index contributed by atoms with van der Waals surface area (Å²) in [4.78, 5) is 0. The summed E-state index contributed by atoms with van der Waals surface area (Å²) in [6, 6.07) is 5.75. The highest BCUT2D eigenvalue weighted by molar-refractivity contribution is 7.90. The predicted molar refractivity (Wildman–Crippen MR) is 74.2 cm³/mol. The van der Waals surface area contributed by atoms with E-state index in [-0.39, 0.29) is 5.75 Å². The van der Waals surface area contributed by atoms with Gasteiger partial charge in [0.25, 0.3) is 0 Å². The molecule has 1 atom stereocenters. The molecule has 0 heterocycles. The maximum Gasteiger partial charge on any atom is 0.147 e. The highest BCUT2D eigenvalue weighted by Gasteiger charge is 2.18. The predicted octanol–water partition coefficient (Wildman–Crippen LogP) is 1.87. The normalized spacial score (nSPS) is 18.9. The monoisotopic (exact) mass is 284 g/mol. The van der Waals surface area contributed by atoms with Crippen molar-refractivity contribution in [1.29, 1.82) is 0 Å². The van der Waals surface area contributed by atoms with Crippen LogP contribution < -0.4 is 4.74 Å². The maximum atomic E-state index is 11.0. The molecule has 1 N–H and O–H groups in total. The Labute approximate surface area is 114 Å². The van der Waals surface area contributed by atoms with E-state index < -0.39 is 15.9 Å². The van der Waals surface area contributed by atoms with E-state index in [1.807, 2.05) is 18.2 Å². The van der Waals surface area contributed by atoms with Crippen molar-refractivity contribution in [1.82, 2.24) is 0 Å². The summed E-state index contributed by atoms with van der Waals surface area (Å²) in [6.45, 7) is 0.377. The highest BCUT2D eigenvalue weighted by Crippen LogP contribution is 2.32. The minimum Gasteiger partial charge on any atom is -0.494 e. The quantitative estimate of drug-likeness (QED) is 0.838. The maximum absolute atomic E-state index is 11.0. The first-order valence-corrected chi connectivity index (χ1v) is 8.63. The van der Waals surface area contributed by atoms with E-state index in [9.17, 15) is 13.5 Å². The molecule has 19 heavy (non-hydrogen) atoms. The van der Waals surface area contributed by atoms with Gasteiger partial charge in [-0.2, -0.15) is 0 Å². The zero-order chi connectivity index (χ0) is 13.9. The summed E-state index contributed by atoms with van der Waals surface area (Å²) in [5.74, 6) is 0.841. The fraction of sp³-hybridized carbons (Fsp3) is 0.571. The summed E-state index contributed by atoms with van der Waals surface area (Å²) in [5, 5.41) is 9.93. The largest absolute Gasteiger partial charge is 0.494 e. The fourth-order valence-electron chi connectivity index (χ4n) is 2.35. The molecule has 0 saturated heterocycles. The SMILES string of the molecule is CS(=O)(=O)CCCOc1ccc2c(c1)C(O)CCC2. The third-order valence-corrected chi connectivity index (χ3v) is 4.36. The Kier molecular flexibility index (Phi) is 4.47. The van der Waals surface area contributed by atoms with Gasteiger partial charge >= 0.3 is 0 Å². The van der Waals surface area contributed by atoms with Gasteiger partial charge in [-0.25, -0.2) is 8.42 Å². The van der Waals surface area contributed by atoms with Crippen LogP contribution in [-0.4, -0.2) is 32.1 Å². The summed E-state index contributed by atoms with van der Waals surface area (Å²) in [5.41, 5.74) is 2.13. The van der Waals surface area contributed by atoms with E-state index >= 15 is 0 Å². The second-order valence-corrected chi connectivity index (χ2v) is 7.36. The van der Waals surface area contributed by atoms with Gasteiger partial charge in [-0.05, 0) is 48.9 Å². The van der Waals surface area contributed by atoms with Crippen LogP contribution in [-0.2, 0) is 16.3 Å². The lowest BCUT2D eigenvalue weighted by Crippen LogP contribution is -2.10. The standard InChI is InChI=1S/C14H20O4S/c1-19(16,17)9-3-8-18-12-7-6-11-4-2-5-14(15)13(11)10-12/h6-7,10,14-15H,2-5,8-9H2,1H3. The van der Waals surface area contributed by atoms with Crippen LogP contribution in [0.25, 0.3) is 0 Å². The Morgan fingerprint density at radius 2 is 2.21 bits per heavy atom. The van der Waals surface area contributed by atoms with Gasteiger partial charge in [0, 0.05) is 6.26 Å². The number of ether oxygens (including phenoxy) is 1. The second-order valence-electron chi connectivity index (χ2n) is 5.10. The molecule has 0 radical (unpaired) electrons. The molecule has 1 aromatic rings. The Morgan fingerprint density at radius 3 is 2.95 bits per heavy atom. The molecule has 0 spiro atoms. The minimum atomic E-state index is -2.92. The first kappa shape index (κ1) is 14.3. The number of hydrogen-bond acceptors (Lipinski definition) is 4. The van der Waals surface area contributed by atoms with Crippen LogP contribution in [0.3, 0.4) is 0 Å². The molecule has 1 unspecified atom stereocenters. The molecular formula is C14H20O4S. The van der Waals surface area contributed by atoms with Crippen molar-refractivity contribution in [2.24, 2.45) is 0 Å². The summed E-state index contributed by atoms with van der Waals surface area (Å²) in [7, 11) is -2.92. The van der Waals surface area contributed by atoms with E-state index in [1.54, 1.807) is 0 Å². The lowest BCUT2D eigenvalue weighted by Gasteiger charge is -2.22. The van der Waals surface area contributed by atoms with E-state index in [0.717, 1.165) is 24.8 Å². The highest BCUT2D eigenvalue weighted by atomic mass is 32.2. The van der Waals surface area contributed by atoms with E-state index in [1.165, 1.54) is 11.8 Å². The van der Waals surface area contributed by atoms with Gasteiger partial charge in [-0.3, -0.25) is 0 Å². The van der Waals surface area contributed by atoms with Gasteiger partial charge in [0.05, 0.1) is 18.5 Å². The number of fused-ring (bicyclic) bond motifs is 1. The molecule has 1 aromatic carbocycles. The average molecular weight is 284 g/mol. The lowest BCUT2D eigenvalue weighted by atomic mass is 9.89. The van der Waals surface area contributed by atoms with Crippen LogP contribution in [0.15, 0.2) is 18.2 Å². The molecular weight excluding hydrogens is 264 g/mol. The molecule has 0 aliphatic heterocycles. The first-order chi connectivity index (χ1) is 8.96. The zero-order valence-corrected chi connectivity index (χ0v) is 11.9. The molecule has 106 valence electrons. The van der Waals surface area contributed by atoms with Crippen LogP contribution in [0.4, 0.5) is 0 Å². The van der Waals surface area contributed by atoms with Crippen molar-refractivity contribution in [3.05, 3.63) is 29.3 Å². The van der Waals surface area contributed by atoms with Crippen LogP contribution in [0.2, 0.25) is 0 Å². The second kappa shape index (κ2) is 5.92. The Balaban J connectivity index is 1.93. The number of aliphatic hydroxyl groups is 1. The number of rotatable bonds is 5. The zero-order valence-electron chi connectivity index (χ0n) is 11.1. The fourth-order valence-corrected chi connectivity index (χ4v) is 3.00. The summed E-state index contributed by atoms with van der Waals surface area (Å²) >= 11 is 0. The first-order valence-electron chi connectivity index (χ1n) is 6.57. The number of aryl methyl sites for hydroxylation is 1. The Morgan fingerprint density at radius 1 is 1.42 bits per heavy atom. The van der Waals surface area contributed by atoms with Gasteiger partial charge in [0.1, 0.15) is 15.6 Å². The molecule has 0 saturated carbocycles. The minimum absolute atomic E-state index is 0.139. The third-order valence-electron chi connectivity index (χ3n) is 3.33. The van der Waals surface area contributed by atoms with Gasteiger partial charge in [-0.15, -0.1) is 0 Å². The molecule has 2 rings (SSSR count). The smallest absolute Gasteiger partial charge is 0.147 e. The van der Waals surface area contributed by atoms with Gasteiger partial charge in [0.15, 0.2) is 0 Å². The lowest BCUT2D eigenvalue weighted by molar-refractivity contribution is 0.156. The number of sulfone groups is 1. The molecule has 0 fully saturated rings. The summed E-state index contributed by atoms with van der Waals surface area (Å²) < 4.78 is 27.5. The van der Waals surface area contributed by atoms with Gasteiger partial charge in [0.2, 0.25) is 0 Å². The van der Waals surface area contributed by atoms with Gasteiger partial charge < -0.3 is 9.84 Å². The molecule has 0 aromatic heterocycles. The van der Waals surface area contributed by atoms with Crippen molar-refractivity contribution < 1.29 is 18.3 Å². The van der Waals surface area contributed by atoms with Crippen molar-refractivity contribution in [3.63, 3.8) is 0 Å². The van der Waals surface area contributed by atoms with Gasteiger partial charge in [-0.1, -0.05) is 6.07 Å². The van der Waals surface area contributed by atoms with Crippen molar-refractivity contribution in [2.45, 2.75) is 31.8 Å². The number of aliphatic hydroxyl groups excluding tert-OH is 1. The average Bonchev–Trinajstić information content (AvgIpc) is 2.34. The van der Waals surface area contributed by atoms with Crippen LogP contribution >= 0.6 is 0 Å². The molecule has 4 nitrogen and oxygen atoms in total. The molecule has 5 heteroatoms. The van der Waals surface area contributed by atoms with E-state index in [4.69, 9.17) is 4.74 Å². The van der Waals surface area contributed by atoms with Crippen LogP contribution in [0, 0.1) is 0 Å². The van der Waals surface area contributed by atoms with Crippen molar-refractivity contribution in [2.75, 3.05) is 18.6 Å². The number of hydrogen-bond donors (Lipinski definition) is 1. The molecule has 1 aliphatic carbocycles. The topological polar surface area (TPSA) is 63.6 Å². The third kappa shape index (κ3) is 4.21. The molecule has 0 bridgehead atoms. The van der Waals surface area contributed by atoms with Crippen molar-refractivity contribution in [3.8, 4) is 5.75 Å². The molecule has 1 aliphatic rings. The summed E-state index contributed by atoms with van der Waals surface area (Å²) in [6.07, 6.45) is 4.12. The van der Waals surface area contributed by atoms with Crippen LogP contribution in [0.1, 0.15) is 36.5 Å². The van der Waals surface area contributed by atoms with E-state index in [0.29, 0.717) is 18.8 Å². The van der Waals surface area contributed by atoms with Crippen molar-refractivity contribution >= 4 is 9.84 Å². The number of benzene rings is 1. The Bertz CT molecular complexity index is 536.